The minimum atomic E-state index is 0.469. The second kappa shape index (κ2) is 7.15. The first-order valence-corrected chi connectivity index (χ1v) is 8.43. The van der Waals surface area contributed by atoms with Gasteiger partial charge in [-0.15, -0.1) is 0 Å². The summed E-state index contributed by atoms with van der Waals surface area (Å²) >= 11 is 0. The number of anilines is 2. The van der Waals surface area contributed by atoms with Crippen molar-refractivity contribution in [1.82, 2.24) is 19.9 Å². The number of piperazine rings is 1. The van der Waals surface area contributed by atoms with E-state index in [1.54, 1.807) is 24.8 Å². The molecule has 0 amide bonds. The van der Waals surface area contributed by atoms with E-state index < -0.39 is 0 Å². The predicted molar refractivity (Wildman–Crippen MR) is 98.6 cm³/mol. The molecule has 0 aliphatic carbocycles. The molecule has 1 aliphatic heterocycles. The summed E-state index contributed by atoms with van der Waals surface area (Å²) in [7, 11) is 0. The Morgan fingerprint density at radius 3 is 2.38 bits per heavy atom. The van der Waals surface area contributed by atoms with Crippen LogP contribution in [-0.4, -0.2) is 46.1 Å². The number of aromatic nitrogens is 4. The van der Waals surface area contributed by atoms with Crippen LogP contribution in [0.1, 0.15) is 5.69 Å². The average Bonchev–Trinajstić information content (AvgIpc) is 2.74. The van der Waals surface area contributed by atoms with Crippen LogP contribution in [0.4, 0.5) is 11.6 Å². The van der Waals surface area contributed by atoms with Gasteiger partial charge < -0.3 is 9.80 Å². The second-order valence-electron chi connectivity index (χ2n) is 5.93. The van der Waals surface area contributed by atoms with Gasteiger partial charge >= 0.3 is 0 Å². The highest BCUT2D eigenvalue weighted by Gasteiger charge is 2.21. The smallest absolute Gasteiger partial charge is 0.225 e. The van der Waals surface area contributed by atoms with Gasteiger partial charge in [0, 0.05) is 56.5 Å². The molecule has 4 rings (SSSR count). The van der Waals surface area contributed by atoms with Crippen LogP contribution in [0, 0.1) is 11.3 Å². The molecule has 3 aromatic rings. The molecule has 0 bridgehead atoms. The first kappa shape index (κ1) is 16.0. The van der Waals surface area contributed by atoms with Crippen molar-refractivity contribution < 1.29 is 0 Å². The highest BCUT2D eigenvalue weighted by Crippen LogP contribution is 2.22. The maximum Gasteiger partial charge on any atom is 0.225 e. The molecule has 0 saturated carbocycles. The van der Waals surface area contributed by atoms with E-state index in [4.69, 9.17) is 4.98 Å². The molecule has 1 aliphatic rings. The van der Waals surface area contributed by atoms with Crippen molar-refractivity contribution in [3.05, 3.63) is 60.8 Å². The Morgan fingerprint density at radius 1 is 0.846 bits per heavy atom. The molecule has 4 heterocycles. The monoisotopic (exact) mass is 343 g/mol. The van der Waals surface area contributed by atoms with Gasteiger partial charge in [-0.1, -0.05) is 0 Å². The van der Waals surface area contributed by atoms with Gasteiger partial charge in [0.15, 0.2) is 5.69 Å². The Kier molecular flexibility index (Phi) is 4.39. The molecular formula is C19H17N7. The Labute approximate surface area is 151 Å². The summed E-state index contributed by atoms with van der Waals surface area (Å²) in [4.78, 5) is 21.7. The maximum absolute atomic E-state index is 9.24. The summed E-state index contributed by atoms with van der Waals surface area (Å²) in [5, 5.41) is 9.24. The van der Waals surface area contributed by atoms with E-state index in [-0.39, 0.29) is 0 Å². The molecule has 1 saturated heterocycles. The molecule has 0 aromatic carbocycles. The molecule has 0 spiro atoms. The zero-order chi connectivity index (χ0) is 17.8. The van der Waals surface area contributed by atoms with Crippen LogP contribution >= 0.6 is 0 Å². The fourth-order valence-electron chi connectivity index (χ4n) is 3.07. The minimum absolute atomic E-state index is 0.469. The molecule has 0 atom stereocenters. The maximum atomic E-state index is 9.24. The molecule has 26 heavy (non-hydrogen) atoms. The number of pyridine rings is 2. The number of hydrogen-bond acceptors (Lipinski definition) is 7. The first-order chi connectivity index (χ1) is 12.8. The van der Waals surface area contributed by atoms with Crippen LogP contribution in [0.2, 0.25) is 0 Å². The van der Waals surface area contributed by atoms with Crippen LogP contribution in [0.5, 0.6) is 0 Å². The number of hydrogen-bond donors (Lipinski definition) is 0. The van der Waals surface area contributed by atoms with Crippen molar-refractivity contribution in [3.8, 4) is 17.3 Å². The third-order valence-electron chi connectivity index (χ3n) is 4.41. The van der Waals surface area contributed by atoms with Gasteiger partial charge in [0.05, 0.1) is 11.4 Å². The fraction of sp³-hybridized carbons (Fsp3) is 0.211. The lowest BCUT2D eigenvalue weighted by molar-refractivity contribution is 0.639. The van der Waals surface area contributed by atoms with Crippen LogP contribution < -0.4 is 9.80 Å². The van der Waals surface area contributed by atoms with Crippen LogP contribution in [0.3, 0.4) is 0 Å². The predicted octanol–water partition coefficient (Wildman–Crippen LogP) is 2.13. The first-order valence-electron chi connectivity index (χ1n) is 8.43. The molecular weight excluding hydrogens is 326 g/mol. The highest BCUT2D eigenvalue weighted by molar-refractivity contribution is 5.60. The molecule has 3 aromatic heterocycles. The van der Waals surface area contributed by atoms with Crippen molar-refractivity contribution in [2.24, 2.45) is 0 Å². The lowest BCUT2D eigenvalue weighted by Crippen LogP contribution is -2.47. The van der Waals surface area contributed by atoms with Gasteiger partial charge in [-0.3, -0.25) is 4.98 Å². The van der Waals surface area contributed by atoms with E-state index in [1.807, 2.05) is 30.3 Å². The van der Waals surface area contributed by atoms with E-state index in [1.165, 1.54) is 0 Å². The molecule has 7 heteroatoms. The summed E-state index contributed by atoms with van der Waals surface area (Å²) in [5.41, 5.74) is 3.27. The summed E-state index contributed by atoms with van der Waals surface area (Å²) < 4.78 is 0. The minimum Gasteiger partial charge on any atom is -0.366 e. The third kappa shape index (κ3) is 3.17. The van der Waals surface area contributed by atoms with Crippen molar-refractivity contribution >= 4 is 11.6 Å². The van der Waals surface area contributed by atoms with Crippen molar-refractivity contribution in [3.63, 3.8) is 0 Å². The summed E-state index contributed by atoms with van der Waals surface area (Å²) in [6, 6.07) is 11.8. The Balaban J connectivity index is 1.50. The number of nitriles is 1. The second-order valence-corrected chi connectivity index (χ2v) is 5.93. The van der Waals surface area contributed by atoms with Crippen molar-refractivity contribution in [2.45, 2.75) is 0 Å². The zero-order valence-electron chi connectivity index (χ0n) is 14.2. The largest absolute Gasteiger partial charge is 0.366 e. The number of nitrogens with zero attached hydrogens (tertiary/aromatic N) is 7. The van der Waals surface area contributed by atoms with E-state index in [2.05, 4.69) is 30.8 Å². The summed E-state index contributed by atoms with van der Waals surface area (Å²) in [5.74, 6) is 0.727. The van der Waals surface area contributed by atoms with Crippen molar-refractivity contribution in [1.29, 1.82) is 5.26 Å². The SMILES string of the molecule is N#Cc1ncccc1N1CCN(c2nccc(-c3ccncc3)n2)CC1. The average molecular weight is 343 g/mol. The molecule has 0 unspecified atom stereocenters. The standard InChI is InChI=1S/C19H17N7/c20-14-17-18(2-1-6-22-17)25-10-12-26(13-11-25)19-23-9-5-16(24-19)15-3-7-21-8-4-15/h1-9H,10-13H2. The van der Waals surface area contributed by atoms with Crippen LogP contribution in [0.25, 0.3) is 11.3 Å². The summed E-state index contributed by atoms with van der Waals surface area (Å²) in [6.07, 6.45) is 6.96. The van der Waals surface area contributed by atoms with Crippen molar-refractivity contribution in [2.75, 3.05) is 36.0 Å². The van der Waals surface area contributed by atoms with E-state index in [9.17, 15) is 5.26 Å². The number of rotatable bonds is 3. The van der Waals surface area contributed by atoms with Crippen LogP contribution in [0.15, 0.2) is 55.1 Å². The van der Waals surface area contributed by atoms with Crippen LogP contribution in [-0.2, 0) is 0 Å². The van der Waals surface area contributed by atoms with Gasteiger partial charge in [0.2, 0.25) is 5.95 Å². The summed E-state index contributed by atoms with van der Waals surface area (Å²) in [6.45, 7) is 3.17. The van der Waals surface area contributed by atoms with Gasteiger partial charge in [-0.05, 0) is 30.3 Å². The Hall–Kier alpha value is -3.53. The van der Waals surface area contributed by atoms with Gasteiger partial charge in [0.1, 0.15) is 6.07 Å². The van der Waals surface area contributed by atoms with E-state index in [0.29, 0.717) is 5.69 Å². The topological polar surface area (TPSA) is 81.8 Å². The van der Waals surface area contributed by atoms with Gasteiger partial charge in [-0.2, -0.15) is 5.26 Å². The Morgan fingerprint density at radius 2 is 1.62 bits per heavy atom. The fourth-order valence-corrected chi connectivity index (χ4v) is 3.07. The lowest BCUT2D eigenvalue weighted by atomic mass is 10.2. The molecule has 0 radical (unpaired) electrons. The normalized spacial score (nSPS) is 14.1. The van der Waals surface area contributed by atoms with Gasteiger partial charge in [-0.25, -0.2) is 15.0 Å². The molecule has 7 nitrogen and oxygen atoms in total. The lowest BCUT2D eigenvalue weighted by Gasteiger charge is -2.36. The van der Waals surface area contributed by atoms with Gasteiger partial charge in [0.25, 0.3) is 0 Å². The quantitative estimate of drug-likeness (QED) is 0.720. The molecule has 1 fully saturated rings. The van der Waals surface area contributed by atoms with E-state index in [0.717, 1.165) is 49.1 Å². The Bertz CT molecular complexity index is 928. The molecule has 128 valence electrons. The highest BCUT2D eigenvalue weighted by atomic mass is 15.3. The van der Waals surface area contributed by atoms with E-state index >= 15 is 0 Å². The third-order valence-corrected chi connectivity index (χ3v) is 4.41. The zero-order valence-corrected chi connectivity index (χ0v) is 14.2. The molecule has 0 N–H and O–H groups in total.